The summed E-state index contributed by atoms with van der Waals surface area (Å²) < 4.78 is 25.9. The Morgan fingerprint density at radius 1 is 0.492 bits per heavy atom. The zero-order valence-electron chi connectivity index (χ0n) is 43.8. The van der Waals surface area contributed by atoms with Crippen molar-refractivity contribution in [3.8, 4) is 67.3 Å². The molecule has 3 heteroatoms. The van der Waals surface area contributed by atoms with Crippen LogP contribution >= 0.6 is 0 Å². The number of aromatic nitrogens is 2. The number of rotatable bonds is 8. The quantitative estimate of drug-likeness (QED) is 0.165. The van der Waals surface area contributed by atoms with E-state index in [1.807, 2.05) is 12.1 Å². The summed E-state index contributed by atoms with van der Waals surface area (Å²) in [5.74, 6) is 1.27. The van der Waals surface area contributed by atoms with E-state index in [1.165, 1.54) is 16.7 Å². The number of aromatic hydroxyl groups is 1. The highest BCUT2D eigenvalue weighted by atomic mass is 16.3. The van der Waals surface area contributed by atoms with Crippen molar-refractivity contribution in [2.45, 2.75) is 125 Å². The van der Waals surface area contributed by atoms with Gasteiger partial charge in [-0.2, -0.15) is 0 Å². The van der Waals surface area contributed by atoms with Gasteiger partial charge in [-0.25, -0.2) is 4.98 Å². The van der Waals surface area contributed by atoms with Crippen LogP contribution < -0.4 is 0 Å². The van der Waals surface area contributed by atoms with E-state index >= 15 is 0 Å². The third-order valence-electron chi connectivity index (χ3n) is 13.1. The smallest absolute Gasteiger partial charge is 0.149 e. The first-order valence-corrected chi connectivity index (χ1v) is 23.3. The van der Waals surface area contributed by atoms with Crippen molar-refractivity contribution < 1.29 is 9.22 Å². The summed E-state index contributed by atoms with van der Waals surface area (Å²) in [5, 5.41) is 12.4. The molecule has 0 aliphatic carbocycles. The van der Waals surface area contributed by atoms with E-state index in [9.17, 15) is 5.11 Å². The van der Waals surface area contributed by atoms with E-state index in [1.54, 1.807) is 12.1 Å². The maximum Gasteiger partial charge on any atom is 0.149 e. The number of phenolic OH excluding ortho intramolecular Hbond substituents is 1. The van der Waals surface area contributed by atoms with E-state index in [0.717, 1.165) is 72.4 Å². The fourth-order valence-electron chi connectivity index (χ4n) is 8.88. The van der Waals surface area contributed by atoms with Crippen LogP contribution in [0.4, 0.5) is 0 Å². The van der Waals surface area contributed by atoms with Crippen molar-refractivity contribution in [3.05, 3.63) is 173 Å². The number of hydrogen-bond donors (Lipinski definition) is 1. The van der Waals surface area contributed by atoms with E-state index in [0.29, 0.717) is 17.0 Å². The lowest BCUT2D eigenvalue weighted by Gasteiger charge is -2.24. The van der Waals surface area contributed by atoms with Crippen LogP contribution in [0.3, 0.4) is 0 Å². The zero-order chi connectivity index (χ0) is 49.2. The van der Waals surface area contributed by atoms with Crippen molar-refractivity contribution in [2.24, 2.45) is 0 Å². The SMILES string of the molecule is [2H]C([2H])([2H])c1ccc(-c2cccc(-c3cc(-c4cccc5c4nc(-c4cc(C(C)C)cc(C(C)C)c4O)n5-c4cc(C(C)(C)C)ccc4-c4ccc(C(C)(C)C)cc4)cc(C(C)(C)C)c3)c2)cc1. The van der Waals surface area contributed by atoms with Gasteiger partial charge < -0.3 is 5.11 Å². The summed E-state index contributed by atoms with van der Waals surface area (Å²) in [5.41, 5.74) is 17.6. The number of benzene rings is 7. The van der Waals surface area contributed by atoms with Crippen LogP contribution in [0.25, 0.3) is 72.6 Å². The van der Waals surface area contributed by atoms with Crippen LogP contribution in [0.15, 0.2) is 140 Å². The summed E-state index contributed by atoms with van der Waals surface area (Å²) in [6.07, 6.45) is 0. The van der Waals surface area contributed by atoms with Gasteiger partial charge in [-0.15, -0.1) is 0 Å². The molecule has 0 bridgehead atoms. The molecule has 0 unspecified atom stereocenters. The molecule has 0 aliphatic rings. The third kappa shape index (κ3) is 9.08. The van der Waals surface area contributed by atoms with Crippen LogP contribution in [-0.4, -0.2) is 14.7 Å². The van der Waals surface area contributed by atoms with Gasteiger partial charge in [-0.05, 0) is 126 Å². The molecule has 0 amide bonds. The molecule has 332 valence electrons. The molecule has 0 saturated carbocycles. The summed E-state index contributed by atoms with van der Waals surface area (Å²) >= 11 is 0. The lowest BCUT2D eigenvalue weighted by Crippen LogP contribution is -2.13. The second-order valence-electron chi connectivity index (χ2n) is 21.8. The Balaban J connectivity index is 1.42. The molecule has 1 heterocycles. The minimum Gasteiger partial charge on any atom is -0.507 e. The fourth-order valence-corrected chi connectivity index (χ4v) is 8.88. The van der Waals surface area contributed by atoms with Gasteiger partial charge in [0.15, 0.2) is 0 Å². The number of imidazole rings is 1. The van der Waals surface area contributed by atoms with E-state index in [2.05, 4.69) is 210 Å². The standard InChI is InChI=1S/C62H68N2O/c1-38(2)45-35-53(39(3)4)58(65)54(36-45)59-63-57-52(47-32-46(33-50(34-47)62(12,13)14)44-18-15-17-43(31-44)41-23-21-40(5)22-24-41)19-16-20-55(57)64(59)56-37-49(61(9,10)11)29-30-51(56)42-25-27-48(28-26-42)60(6,7)8/h15-39,65H,1-14H3/i5D3. The summed E-state index contributed by atoms with van der Waals surface area (Å²) in [6.45, 7) is 26.8. The van der Waals surface area contributed by atoms with Gasteiger partial charge in [0.25, 0.3) is 0 Å². The van der Waals surface area contributed by atoms with E-state index in [4.69, 9.17) is 9.10 Å². The molecule has 3 nitrogen and oxygen atoms in total. The van der Waals surface area contributed by atoms with Gasteiger partial charge in [0, 0.05) is 15.2 Å². The molecule has 8 aromatic rings. The van der Waals surface area contributed by atoms with Gasteiger partial charge in [0.1, 0.15) is 11.6 Å². The molecule has 1 N–H and O–H groups in total. The lowest BCUT2D eigenvalue weighted by molar-refractivity contribution is 0.466. The molecule has 8 rings (SSSR count). The largest absolute Gasteiger partial charge is 0.507 e. The minimum absolute atomic E-state index is 0.0107. The van der Waals surface area contributed by atoms with Gasteiger partial charge in [-0.1, -0.05) is 205 Å². The fraction of sp³-hybridized carbons (Fsp3) is 0.306. The molecular weight excluding hydrogens is 789 g/mol. The zero-order valence-corrected chi connectivity index (χ0v) is 40.8. The molecule has 0 atom stereocenters. The van der Waals surface area contributed by atoms with Crippen LogP contribution in [0.5, 0.6) is 5.75 Å². The maximum absolute atomic E-state index is 12.4. The maximum atomic E-state index is 12.4. The molecular formula is C62H68N2O. The molecule has 0 fully saturated rings. The molecule has 0 aliphatic heterocycles. The summed E-state index contributed by atoms with van der Waals surface area (Å²) in [6, 6.07) is 49.2. The topological polar surface area (TPSA) is 38.1 Å². The molecule has 1 aromatic heterocycles. The number of hydrogen-bond acceptors (Lipinski definition) is 2. The lowest BCUT2D eigenvalue weighted by atomic mass is 9.83. The minimum atomic E-state index is -2.16. The van der Waals surface area contributed by atoms with Gasteiger partial charge in [0.05, 0.1) is 22.3 Å². The average molecular weight is 860 g/mol. The molecule has 7 aromatic carbocycles. The van der Waals surface area contributed by atoms with E-state index < -0.39 is 6.85 Å². The Morgan fingerprint density at radius 2 is 1.08 bits per heavy atom. The van der Waals surface area contributed by atoms with Crippen LogP contribution in [0.2, 0.25) is 0 Å². The summed E-state index contributed by atoms with van der Waals surface area (Å²) in [4.78, 5) is 5.71. The van der Waals surface area contributed by atoms with Crippen molar-refractivity contribution >= 4 is 11.0 Å². The number of nitrogens with zero attached hydrogens (tertiary/aromatic N) is 2. The number of phenols is 1. The highest BCUT2D eigenvalue weighted by Gasteiger charge is 2.27. The van der Waals surface area contributed by atoms with Gasteiger partial charge >= 0.3 is 0 Å². The highest BCUT2D eigenvalue weighted by molar-refractivity contribution is 5.98. The number of fused-ring (bicyclic) bond motifs is 1. The van der Waals surface area contributed by atoms with Crippen molar-refractivity contribution in [3.63, 3.8) is 0 Å². The Bertz CT molecular complexity index is 3150. The van der Waals surface area contributed by atoms with Crippen LogP contribution in [0.1, 0.15) is 139 Å². The predicted molar refractivity (Wildman–Crippen MR) is 279 cm³/mol. The predicted octanol–water partition coefficient (Wildman–Crippen LogP) is 17.5. The molecule has 0 spiro atoms. The first-order valence-electron chi connectivity index (χ1n) is 24.8. The highest BCUT2D eigenvalue weighted by Crippen LogP contribution is 2.45. The van der Waals surface area contributed by atoms with E-state index in [-0.39, 0.29) is 33.8 Å². The van der Waals surface area contributed by atoms with Gasteiger partial charge in [-0.3, -0.25) is 4.57 Å². The number of para-hydroxylation sites is 1. The Labute approximate surface area is 393 Å². The second-order valence-corrected chi connectivity index (χ2v) is 21.8. The van der Waals surface area contributed by atoms with Crippen molar-refractivity contribution in [1.29, 1.82) is 0 Å². The number of aryl methyl sites for hydroxylation is 1. The Hall–Kier alpha value is -6.19. The van der Waals surface area contributed by atoms with Crippen molar-refractivity contribution in [2.75, 3.05) is 0 Å². The second kappa shape index (κ2) is 17.0. The monoisotopic (exact) mass is 860 g/mol. The first kappa shape index (κ1) is 41.5. The molecule has 0 radical (unpaired) electrons. The molecule has 65 heavy (non-hydrogen) atoms. The van der Waals surface area contributed by atoms with Crippen molar-refractivity contribution in [1.82, 2.24) is 9.55 Å². The normalized spacial score (nSPS) is 13.4. The Morgan fingerprint density at radius 3 is 1.69 bits per heavy atom. The van der Waals surface area contributed by atoms with Crippen LogP contribution in [0, 0.1) is 6.85 Å². The molecule has 0 saturated heterocycles. The van der Waals surface area contributed by atoms with Gasteiger partial charge in [0.2, 0.25) is 0 Å². The first-order chi connectivity index (χ1) is 31.8. The van der Waals surface area contributed by atoms with Crippen LogP contribution in [-0.2, 0) is 16.2 Å². The third-order valence-corrected chi connectivity index (χ3v) is 13.1. The average Bonchev–Trinajstić information content (AvgIpc) is 3.67. The summed E-state index contributed by atoms with van der Waals surface area (Å²) in [7, 11) is 0. The Kier molecular flexibility index (Phi) is 10.8.